The number of halogens is 1. The van der Waals surface area contributed by atoms with Crippen molar-refractivity contribution in [2.45, 2.75) is 12.5 Å². The molecule has 2 heterocycles. The number of benzene rings is 1. The van der Waals surface area contributed by atoms with Gasteiger partial charge in [0.1, 0.15) is 5.75 Å². The third-order valence-electron chi connectivity index (χ3n) is 3.01. The van der Waals surface area contributed by atoms with Crippen LogP contribution in [0, 0.1) is 0 Å². The summed E-state index contributed by atoms with van der Waals surface area (Å²) in [5.41, 5.74) is 0.971. The standard InChI is InChI=1S/C13H11ClN2O2S/c1-16(13-15-4-5-19-13)12(17)11-7-8-6-9(14)2-3-10(8)18-11/h2-6,11H,7H2,1H3. The number of carbonyl (C=O) groups is 1. The van der Waals surface area contributed by atoms with Gasteiger partial charge in [0.15, 0.2) is 11.2 Å². The van der Waals surface area contributed by atoms with E-state index < -0.39 is 6.10 Å². The van der Waals surface area contributed by atoms with E-state index in [9.17, 15) is 4.79 Å². The molecule has 0 bridgehead atoms. The van der Waals surface area contributed by atoms with E-state index in [0.29, 0.717) is 16.6 Å². The summed E-state index contributed by atoms with van der Waals surface area (Å²) in [7, 11) is 1.71. The van der Waals surface area contributed by atoms with Crippen molar-refractivity contribution in [1.82, 2.24) is 4.98 Å². The maximum atomic E-state index is 12.3. The van der Waals surface area contributed by atoms with Crippen LogP contribution in [0.1, 0.15) is 5.56 Å². The summed E-state index contributed by atoms with van der Waals surface area (Å²) in [5, 5.41) is 3.16. The Morgan fingerprint density at radius 3 is 3.16 bits per heavy atom. The number of aromatic nitrogens is 1. The topological polar surface area (TPSA) is 42.4 Å². The average molecular weight is 295 g/mol. The SMILES string of the molecule is CN(C(=O)C1Cc2cc(Cl)ccc2O1)c1nccs1. The number of rotatable bonds is 2. The van der Waals surface area contributed by atoms with E-state index in [4.69, 9.17) is 16.3 Å². The molecule has 1 aromatic carbocycles. The highest BCUT2D eigenvalue weighted by molar-refractivity contribution is 7.13. The smallest absolute Gasteiger partial charge is 0.269 e. The van der Waals surface area contributed by atoms with Gasteiger partial charge in [-0.2, -0.15) is 0 Å². The fourth-order valence-electron chi connectivity index (χ4n) is 2.05. The van der Waals surface area contributed by atoms with Crippen LogP contribution in [0.15, 0.2) is 29.8 Å². The molecule has 0 spiro atoms. The lowest BCUT2D eigenvalue weighted by Gasteiger charge is -2.18. The summed E-state index contributed by atoms with van der Waals surface area (Å²) >= 11 is 7.36. The van der Waals surface area contributed by atoms with Gasteiger partial charge in [-0.05, 0) is 23.8 Å². The molecular weight excluding hydrogens is 284 g/mol. The summed E-state index contributed by atoms with van der Waals surface area (Å²) in [6, 6.07) is 5.40. The van der Waals surface area contributed by atoms with E-state index in [-0.39, 0.29) is 5.91 Å². The van der Waals surface area contributed by atoms with E-state index >= 15 is 0 Å². The lowest BCUT2D eigenvalue weighted by atomic mass is 10.1. The van der Waals surface area contributed by atoms with E-state index in [1.54, 1.807) is 25.4 Å². The first-order valence-electron chi connectivity index (χ1n) is 5.77. The van der Waals surface area contributed by atoms with E-state index in [2.05, 4.69) is 4.98 Å². The molecule has 1 aromatic heterocycles. The Bertz CT molecular complexity index is 615. The molecule has 19 heavy (non-hydrogen) atoms. The lowest BCUT2D eigenvalue weighted by molar-refractivity contribution is -0.124. The molecule has 1 amide bonds. The van der Waals surface area contributed by atoms with Crippen molar-refractivity contribution < 1.29 is 9.53 Å². The minimum absolute atomic E-state index is 0.0951. The highest BCUT2D eigenvalue weighted by Crippen LogP contribution is 2.32. The van der Waals surface area contributed by atoms with E-state index in [0.717, 1.165) is 11.3 Å². The van der Waals surface area contributed by atoms with Crippen molar-refractivity contribution in [3.8, 4) is 5.75 Å². The number of thiazole rings is 1. The third-order valence-corrected chi connectivity index (χ3v) is 4.09. The predicted molar refractivity (Wildman–Crippen MR) is 75.1 cm³/mol. The summed E-state index contributed by atoms with van der Waals surface area (Å²) in [4.78, 5) is 18.0. The molecule has 0 fully saturated rings. The Kier molecular flexibility index (Phi) is 3.16. The molecule has 98 valence electrons. The van der Waals surface area contributed by atoms with Crippen LogP contribution >= 0.6 is 22.9 Å². The molecule has 1 aliphatic heterocycles. The number of amides is 1. The first-order chi connectivity index (χ1) is 9.15. The van der Waals surface area contributed by atoms with Gasteiger partial charge in [-0.1, -0.05) is 11.6 Å². The molecule has 1 unspecified atom stereocenters. The van der Waals surface area contributed by atoms with Crippen LogP contribution < -0.4 is 9.64 Å². The van der Waals surface area contributed by atoms with Gasteiger partial charge in [-0.15, -0.1) is 11.3 Å². The summed E-state index contributed by atoms with van der Waals surface area (Å²) in [5.74, 6) is 0.637. The van der Waals surface area contributed by atoms with Crippen LogP contribution in [0.2, 0.25) is 5.02 Å². The average Bonchev–Trinajstić information content (AvgIpc) is 3.05. The number of anilines is 1. The Balaban J connectivity index is 1.77. The molecule has 0 aliphatic carbocycles. The number of hydrogen-bond donors (Lipinski definition) is 0. The van der Waals surface area contributed by atoms with Gasteiger partial charge in [0.2, 0.25) is 0 Å². The van der Waals surface area contributed by atoms with Gasteiger partial charge >= 0.3 is 0 Å². The highest BCUT2D eigenvalue weighted by atomic mass is 35.5. The zero-order valence-electron chi connectivity index (χ0n) is 10.2. The summed E-state index contributed by atoms with van der Waals surface area (Å²) < 4.78 is 5.67. The van der Waals surface area contributed by atoms with Crippen molar-refractivity contribution in [3.05, 3.63) is 40.4 Å². The summed E-state index contributed by atoms with van der Waals surface area (Å²) in [6.45, 7) is 0. The second-order valence-electron chi connectivity index (χ2n) is 4.27. The number of nitrogens with zero attached hydrogens (tertiary/aromatic N) is 2. The monoisotopic (exact) mass is 294 g/mol. The maximum Gasteiger partial charge on any atom is 0.269 e. The number of hydrogen-bond acceptors (Lipinski definition) is 4. The van der Waals surface area contributed by atoms with Crippen molar-refractivity contribution in [2.75, 3.05) is 11.9 Å². The van der Waals surface area contributed by atoms with Gasteiger partial charge in [0.25, 0.3) is 5.91 Å². The predicted octanol–water partition coefficient (Wildman–Crippen LogP) is 2.76. The van der Waals surface area contributed by atoms with Crippen LogP contribution in [0.5, 0.6) is 5.75 Å². The zero-order chi connectivity index (χ0) is 13.4. The van der Waals surface area contributed by atoms with Crippen LogP contribution in [-0.4, -0.2) is 24.0 Å². The maximum absolute atomic E-state index is 12.3. The summed E-state index contributed by atoms with van der Waals surface area (Å²) in [6.07, 6.45) is 1.72. The largest absolute Gasteiger partial charge is 0.480 e. The van der Waals surface area contributed by atoms with Crippen molar-refractivity contribution in [1.29, 1.82) is 0 Å². The highest BCUT2D eigenvalue weighted by Gasteiger charge is 2.32. The van der Waals surface area contributed by atoms with Crippen molar-refractivity contribution in [3.63, 3.8) is 0 Å². The van der Waals surface area contributed by atoms with Crippen LogP contribution in [-0.2, 0) is 11.2 Å². The molecule has 4 nitrogen and oxygen atoms in total. The Morgan fingerprint density at radius 1 is 1.58 bits per heavy atom. The Labute approximate surface area is 119 Å². The first kappa shape index (κ1) is 12.4. The molecule has 3 rings (SSSR count). The number of likely N-dealkylation sites (N-methyl/N-ethyl adjacent to an activating group) is 1. The first-order valence-corrected chi connectivity index (χ1v) is 7.03. The van der Waals surface area contributed by atoms with Crippen LogP contribution in [0.4, 0.5) is 5.13 Å². The number of ether oxygens (including phenoxy) is 1. The molecule has 0 saturated heterocycles. The van der Waals surface area contributed by atoms with Crippen LogP contribution in [0.3, 0.4) is 0 Å². The Morgan fingerprint density at radius 2 is 2.42 bits per heavy atom. The second kappa shape index (κ2) is 4.83. The van der Waals surface area contributed by atoms with Crippen molar-refractivity contribution >= 4 is 34.0 Å². The molecule has 0 N–H and O–H groups in total. The zero-order valence-corrected chi connectivity index (χ0v) is 11.7. The van der Waals surface area contributed by atoms with Gasteiger partial charge in [-0.25, -0.2) is 4.98 Å². The van der Waals surface area contributed by atoms with E-state index in [1.807, 2.05) is 11.4 Å². The van der Waals surface area contributed by atoms with Crippen LogP contribution in [0.25, 0.3) is 0 Å². The molecule has 0 saturated carbocycles. The van der Waals surface area contributed by atoms with Gasteiger partial charge in [-0.3, -0.25) is 9.69 Å². The van der Waals surface area contributed by atoms with Gasteiger partial charge in [0.05, 0.1) is 0 Å². The molecular formula is C13H11ClN2O2S. The fraction of sp³-hybridized carbons (Fsp3) is 0.231. The molecule has 1 atom stereocenters. The van der Waals surface area contributed by atoms with Crippen molar-refractivity contribution in [2.24, 2.45) is 0 Å². The third kappa shape index (κ3) is 2.31. The lowest BCUT2D eigenvalue weighted by Crippen LogP contribution is -2.38. The Hall–Kier alpha value is -1.59. The second-order valence-corrected chi connectivity index (χ2v) is 5.58. The molecule has 6 heteroatoms. The van der Waals surface area contributed by atoms with Gasteiger partial charge in [0, 0.05) is 30.1 Å². The molecule has 0 radical (unpaired) electrons. The molecule has 2 aromatic rings. The molecule has 1 aliphatic rings. The fourth-order valence-corrected chi connectivity index (χ4v) is 2.85. The van der Waals surface area contributed by atoms with Gasteiger partial charge < -0.3 is 4.74 Å². The minimum atomic E-state index is -0.498. The van der Waals surface area contributed by atoms with E-state index in [1.165, 1.54) is 16.2 Å². The quantitative estimate of drug-likeness (QED) is 0.855. The normalized spacial score (nSPS) is 16.8. The number of fused-ring (bicyclic) bond motifs is 1. The number of carbonyl (C=O) groups excluding carboxylic acids is 1. The minimum Gasteiger partial charge on any atom is -0.480 e.